The van der Waals surface area contributed by atoms with Crippen molar-refractivity contribution in [2.75, 3.05) is 19.0 Å². The summed E-state index contributed by atoms with van der Waals surface area (Å²) in [6, 6.07) is 9.52. The normalized spacial score (nSPS) is 9.76. The van der Waals surface area contributed by atoms with Gasteiger partial charge >= 0.3 is 0 Å². The summed E-state index contributed by atoms with van der Waals surface area (Å²) in [5.41, 5.74) is 1.91. The lowest BCUT2D eigenvalue weighted by Crippen LogP contribution is -2.04. The number of aromatic nitrogens is 1. The fourth-order valence-electron chi connectivity index (χ4n) is 1.75. The summed E-state index contributed by atoms with van der Waals surface area (Å²) in [6.45, 7) is 0.853. The van der Waals surface area contributed by atoms with Gasteiger partial charge < -0.3 is 14.8 Å². The van der Waals surface area contributed by atoms with Gasteiger partial charge in [-0.3, -0.25) is 0 Å². The Morgan fingerprint density at radius 1 is 1.33 bits per heavy atom. The Labute approximate surface area is 132 Å². The molecule has 0 aliphatic heterocycles. The number of hydrogen-bond acceptors (Lipinski definition) is 4. The van der Waals surface area contributed by atoms with E-state index in [4.69, 9.17) is 15.9 Å². The number of ether oxygens (including phenoxy) is 2. The largest absolute Gasteiger partial charge is 0.481 e. The van der Waals surface area contributed by atoms with Crippen molar-refractivity contribution < 1.29 is 9.47 Å². The third kappa shape index (κ3) is 4.40. The molecule has 1 heterocycles. The van der Waals surface area contributed by atoms with Crippen LogP contribution in [0.15, 0.2) is 41.0 Å². The lowest BCUT2D eigenvalue weighted by Gasteiger charge is -2.12. The van der Waals surface area contributed by atoms with E-state index in [1.165, 1.54) is 0 Å². The van der Waals surface area contributed by atoms with Crippen LogP contribution in [0.5, 0.6) is 11.6 Å². The second-order valence-corrected chi connectivity index (χ2v) is 5.10. The predicted octanol–water partition coefficient (Wildman–Crippen LogP) is 3.48. The number of hydrogen-bond donors (Lipinski definition) is 1. The van der Waals surface area contributed by atoms with Gasteiger partial charge in [0.05, 0.1) is 19.0 Å². The average molecular weight is 347 g/mol. The van der Waals surface area contributed by atoms with Crippen molar-refractivity contribution in [1.82, 2.24) is 4.98 Å². The number of pyridine rings is 1. The van der Waals surface area contributed by atoms with Gasteiger partial charge in [-0.2, -0.15) is 0 Å². The molecule has 108 valence electrons. The number of nitrogens with zero attached hydrogens (tertiary/aromatic N) is 1. The number of benzene rings is 1. The fourth-order valence-corrected chi connectivity index (χ4v) is 2.16. The first kappa shape index (κ1) is 15.2. The number of methoxy groups -OCH3 is 1. The van der Waals surface area contributed by atoms with Gasteiger partial charge in [0.1, 0.15) is 12.4 Å². The van der Waals surface area contributed by atoms with E-state index in [1.807, 2.05) is 24.3 Å². The maximum atomic E-state index is 5.53. The second kappa shape index (κ2) is 7.55. The second-order valence-electron chi connectivity index (χ2n) is 4.19. The van der Waals surface area contributed by atoms with Crippen molar-refractivity contribution in [3.8, 4) is 24.0 Å². The lowest BCUT2D eigenvalue weighted by molar-refractivity contribution is 0.366. The zero-order chi connectivity index (χ0) is 15.1. The van der Waals surface area contributed by atoms with Crippen LogP contribution < -0.4 is 14.8 Å². The third-order valence-corrected chi connectivity index (χ3v) is 3.26. The van der Waals surface area contributed by atoms with Gasteiger partial charge in [-0.25, -0.2) is 4.98 Å². The molecular formula is C16H15BrN2O2. The molecule has 0 saturated carbocycles. The zero-order valence-corrected chi connectivity index (χ0v) is 13.2. The highest BCUT2D eigenvalue weighted by Crippen LogP contribution is 2.24. The molecule has 0 aliphatic rings. The summed E-state index contributed by atoms with van der Waals surface area (Å²) in [6.07, 6.45) is 6.95. The predicted molar refractivity (Wildman–Crippen MR) is 86.6 cm³/mol. The first-order valence-electron chi connectivity index (χ1n) is 6.31. The van der Waals surface area contributed by atoms with E-state index < -0.39 is 0 Å². The van der Waals surface area contributed by atoms with Crippen LogP contribution in [0.25, 0.3) is 0 Å². The van der Waals surface area contributed by atoms with Gasteiger partial charge in [0.2, 0.25) is 5.88 Å². The number of halogens is 1. The van der Waals surface area contributed by atoms with Crippen LogP contribution in [0.3, 0.4) is 0 Å². The van der Waals surface area contributed by atoms with E-state index in [0.717, 1.165) is 21.5 Å². The highest BCUT2D eigenvalue weighted by atomic mass is 79.9. The summed E-state index contributed by atoms with van der Waals surface area (Å²) in [5, 5.41) is 3.29. The molecule has 0 fully saturated rings. The molecule has 1 N–H and O–H groups in total. The van der Waals surface area contributed by atoms with E-state index in [1.54, 1.807) is 19.4 Å². The van der Waals surface area contributed by atoms with E-state index in [0.29, 0.717) is 12.4 Å². The summed E-state index contributed by atoms with van der Waals surface area (Å²) in [4.78, 5) is 4.15. The minimum absolute atomic E-state index is 0.249. The van der Waals surface area contributed by atoms with Crippen LogP contribution in [-0.2, 0) is 6.54 Å². The first-order valence-corrected chi connectivity index (χ1v) is 7.11. The highest BCUT2D eigenvalue weighted by Gasteiger charge is 2.05. The van der Waals surface area contributed by atoms with E-state index >= 15 is 0 Å². The fraction of sp³-hybridized carbons (Fsp3) is 0.188. The van der Waals surface area contributed by atoms with Gasteiger partial charge in [-0.1, -0.05) is 21.9 Å². The number of rotatable bonds is 6. The summed E-state index contributed by atoms with van der Waals surface area (Å²) in [7, 11) is 1.59. The standard InChI is InChI=1S/C16H15BrN2O2/c1-3-8-21-15-6-4-13(17)9-12(15)10-18-14-5-7-16(20-2)19-11-14/h1,4-7,9,11,18H,8,10H2,2H3. The Morgan fingerprint density at radius 3 is 2.86 bits per heavy atom. The Balaban J connectivity index is 2.07. The quantitative estimate of drug-likeness (QED) is 0.813. The van der Waals surface area contributed by atoms with Crippen LogP contribution in [0, 0.1) is 12.3 Å². The van der Waals surface area contributed by atoms with Crippen molar-refractivity contribution in [1.29, 1.82) is 0 Å². The Morgan fingerprint density at radius 2 is 2.19 bits per heavy atom. The molecule has 1 aromatic carbocycles. The molecule has 21 heavy (non-hydrogen) atoms. The highest BCUT2D eigenvalue weighted by molar-refractivity contribution is 9.10. The molecule has 1 aromatic heterocycles. The molecule has 0 radical (unpaired) electrons. The summed E-state index contributed by atoms with van der Waals surface area (Å²) in [5.74, 6) is 3.82. The van der Waals surface area contributed by atoms with Crippen molar-refractivity contribution >= 4 is 21.6 Å². The molecule has 2 aromatic rings. The molecule has 0 spiro atoms. The number of anilines is 1. The topological polar surface area (TPSA) is 43.4 Å². The lowest BCUT2D eigenvalue weighted by atomic mass is 10.2. The maximum Gasteiger partial charge on any atom is 0.213 e. The zero-order valence-electron chi connectivity index (χ0n) is 11.6. The third-order valence-electron chi connectivity index (χ3n) is 2.76. The van der Waals surface area contributed by atoms with Crippen LogP contribution in [0.2, 0.25) is 0 Å². The number of nitrogens with one attached hydrogen (secondary N) is 1. The Hall–Kier alpha value is -2.19. The van der Waals surface area contributed by atoms with Crippen molar-refractivity contribution in [2.45, 2.75) is 6.54 Å². The molecule has 4 nitrogen and oxygen atoms in total. The Kier molecular flexibility index (Phi) is 5.47. The smallest absolute Gasteiger partial charge is 0.213 e. The first-order chi connectivity index (χ1) is 10.2. The van der Waals surface area contributed by atoms with E-state index in [-0.39, 0.29) is 6.61 Å². The van der Waals surface area contributed by atoms with E-state index in [9.17, 15) is 0 Å². The molecule has 2 rings (SSSR count). The molecule has 5 heteroatoms. The summed E-state index contributed by atoms with van der Waals surface area (Å²) >= 11 is 3.46. The molecular weight excluding hydrogens is 332 g/mol. The van der Waals surface area contributed by atoms with Crippen LogP contribution in [0.1, 0.15) is 5.56 Å². The van der Waals surface area contributed by atoms with Crippen molar-refractivity contribution in [3.63, 3.8) is 0 Å². The Bertz CT molecular complexity index is 636. The maximum absolute atomic E-state index is 5.53. The van der Waals surface area contributed by atoms with Gasteiger partial charge in [0.25, 0.3) is 0 Å². The van der Waals surface area contributed by atoms with Crippen LogP contribution in [-0.4, -0.2) is 18.7 Å². The SMILES string of the molecule is C#CCOc1ccc(Br)cc1CNc1ccc(OC)nc1. The number of terminal acetylenes is 1. The minimum atomic E-state index is 0.249. The van der Waals surface area contributed by atoms with Crippen molar-refractivity contribution in [3.05, 3.63) is 46.6 Å². The van der Waals surface area contributed by atoms with Crippen molar-refractivity contribution in [2.24, 2.45) is 0 Å². The molecule has 0 amide bonds. The molecule has 0 bridgehead atoms. The van der Waals surface area contributed by atoms with E-state index in [2.05, 4.69) is 32.2 Å². The average Bonchev–Trinajstić information content (AvgIpc) is 2.52. The van der Waals surface area contributed by atoms with Gasteiger partial charge in [-0.15, -0.1) is 6.42 Å². The van der Waals surface area contributed by atoms with Crippen LogP contribution in [0.4, 0.5) is 5.69 Å². The summed E-state index contributed by atoms with van der Waals surface area (Å²) < 4.78 is 11.5. The monoisotopic (exact) mass is 346 g/mol. The molecule has 0 unspecified atom stereocenters. The minimum Gasteiger partial charge on any atom is -0.481 e. The van der Waals surface area contributed by atoms with Gasteiger partial charge in [-0.05, 0) is 24.3 Å². The van der Waals surface area contributed by atoms with Gasteiger partial charge in [0.15, 0.2) is 0 Å². The van der Waals surface area contributed by atoms with Crippen LogP contribution >= 0.6 is 15.9 Å². The molecule has 0 atom stereocenters. The molecule has 0 saturated heterocycles. The molecule has 0 aliphatic carbocycles. The van der Waals surface area contributed by atoms with Gasteiger partial charge in [0, 0.05) is 22.6 Å².